The first-order chi connectivity index (χ1) is 14.8. The zero-order chi connectivity index (χ0) is 21.9. The van der Waals surface area contributed by atoms with Gasteiger partial charge in [0, 0.05) is 31.8 Å². The van der Waals surface area contributed by atoms with Crippen molar-refractivity contribution < 1.29 is 23.9 Å². The van der Waals surface area contributed by atoms with Crippen LogP contribution in [-0.4, -0.2) is 62.5 Å². The second-order valence-corrected chi connectivity index (χ2v) is 8.63. The van der Waals surface area contributed by atoms with E-state index in [2.05, 4.69) is 10.4 Å². The molecule has 3 amide bonds. The number of amides is 3. The number of likely N-dealkylation sites (tertiary alicyclic amines) is 1. The summed E-state index contributed by atoms with van der Waals surface area (Å²) in [4.78, 5) is 41.1. The first kappa shape index (κ1) is 19.5. The lowest BCUT2D eigenvalue weighted by molar-refractivity contribution is -0.133. The Morgan fingerprint density at radius 2 is 2.10 bits per heavy atom. The number of rotatable bonds is 3. The van der Waals surface area contributed by atoms with Gasteiger partial charge in [0.15, 0.2) is 17.4 Å². The fraction of sp³-hybridized carbons (Fsp3) is 0.429. The van der Waals surface area contributed by atoms with Crippen LogP contribution in [0.4, 0.5) is 10.2 Å². The number of anilines is 1. The van der Waals surface area contributed by atoms with E-state index in [9.17, 15) is 23.9 Å². The number of hydrogen-bond acceptors (Lipinski definition) is 5. The van der Waals surface area contributed by atoms with Gasteiger partial charge in [0.25, 0.3) is 5.91 Å². The van der Waals surface area contributed by atoms with Crippen molar-refractivity contribution in [3.05, 3.63) is 41.3 Å². The predicted octanol–water partition coefficient (Wildman–Crippen LogP) is 1.19. The number of aromatic hydroxyl groups is 1. The number of hydrogen-bond donors (Lipinski definition) is 2. The molecule has 2 aromatic rings. The van der Waals surface area contributed by atoms with Gasteiger partial charge in [-0.3, -0.25) is 19.1 Å². The number of nitrogens with zero attached hydrogens (tertiary/aromatic N) is 4. The van der Waals surface area contributed by atoms with E-state index in [1.165, 1.54) is 6.07 Å². The zero-order valence-electron chi connectivity index (χ0n) is 17.0. The number of halogens is 1. The minimum absolute atomic E-state index is 0.0309. The molecule has 2 fully saturated rings. The lowest BCUT2D eigenvalue weighted by Gasteiger charge is -2.41. The van der Waals surface area contributed by atoms with E-state index in [4.69, 9.17) is 0 Å². The molecular formula is C21H22FN5O4. The highest BCUT2D eigenvalue weighted by Gasteiger charge is 2.58. The SMILES string of the molecule is CN1Cc2cc(NC(=O)C34CCC3CN(C(=O)c3ccc(O)c(F)c3)C4)nn2CC1=O. The Morgan fingerprint density at radius 3 is 2.81 bits per heavy atom. The highest BCUT2D eigenvalue weighted by Crippen LogP contribution is 2.52. The summed E-state index contributed by atoms with van der Waals surface area (Å²) in [5, 5.41) is 16.6. The molecule has 3 heterocycles. The highest BCUT2D eigenvalue weighted by atomic mass is 19.1. The molecule has 0 bridgehead atoms. The van der Waals surface area contributed by atoms with E-state index in [1.54, 1.807) is 27.6 Å². The van der Waals surface area contributed by atoms with Crippen LogP contribution >= 0.6 is 0 Å². The van der Waals surface area contributed by atoms with Crippen LogP contribution in [0, 0.1) is 17.2 Å². The van der Waals surface area contributed by atoms with E-state index < -0.39 is 17.0 Å². The number of phenolic OH excluding ortho intramolecular Hbond substituents is 1. The van der Waals surface area contributed by atoms with Crippen molar-refractivity contribution in [2.75, 3.05) is 25.5 Å². The van der Waals surface area contributed by atoms with E-state index >= 15 is 0 Å². The summed E-state index contributed by atoms with van der Waals surface area (Å²) in [5.41, 5.74) is 0.294. The number of nitrogens with one attached hydrogen (secondary N) is 1. The minimum atomic E-state index is -0.853. The highest BCUT2D eigenvalue weighted by molar-refractivity contribution is 5.99. The van der Waals surface area contributed by atoms with Crippen molar-refractivity contribution in [1.29, 1.82) is 0 Å². The number of carbonyl (C=O) groups excluding carboxylic acids is 3. The van der Waals surface area contributed by atoms with Crippen LogP contribution in [0.5, 0.6) is 5.75 Å². The molecule has 2 N–H and O–H groups in total. The molecule has 9 nitrogen and oxygen atoms in total. The summed E-state index contributed by atoms with van der Waals surface area (Å²) in [6.45, 7) is 1.25. The molecule has 2 atom stereocenters. The molecule has 10 heteroatoms. The molecule has 2 unspecified atom stereocenters. The van der Waals surface area contributed by atoms with Crippen molar-refractivity contribution in [1.82, 2.24) is 19.6 Å². The Hall–Kier alpha value is -3.43. The average molecular weight is 427 g/mol. The van der Waals surface area contributed by atoms with Gasteiger partial charge in [-0.05, 0) is 37.0 Å². The van der Waals surface area contributed by atoms with Crippen molar-refractivity contribution in [3.63, 3.8) is 0 Å². The molecule has 3 aliphatic rings. The monoisotopic (exact) mass is 427 g/mol. The van der Waals surface area contributed by atoms with Gasteiger partial charge in [-0.15, -0.1) is 0 Å². The first-order valence-corrected chi connectivity index (χ1v) is 10.2. The van der Waals surface area contributed by atoms with Crippen molar-refractivity contribution >= 4 is 23.5 Å². The first-order valence-electron chi connectivity index (χ1n) is 10.2. The third-order valence-corrected chi connectivity index (χ3v) is 6.78. The number of aromatic nitrogens is 2. The third-order valence-electron chi connectivity index (χ3n) is 6.78. The van der Waals surface area contributed by atoms with Crippen LogP contribution in [0.3, 0.4) is 0 Å². The summed E-state index contributed by atoms with van der Waals surface area (Å²) < 4.78 is 15.3. The Bertz CT molecular complexity index is 1120. The van der Waals surface area contributed by atoms with Gasteiger partial charge in [0.2, 0.25) is 11.8 Å². The molecule has 1 aromatic heterocycles. The normalized spacial score (nSPS) is 24.5. The van der Waals surface area contributed by atoms with E-state index in [-0.39, 0.29) is 42.3 Å². The van der Waals surface area contributed by atoms with Crippen LogP contribution in [0.1, 0.15) is 28.9 Å². The number of fused-ring (bicyclic) bond motifs is 2. The molecule has 1 aliphatic carbocycles. The second-order valence-electron chi connectivity index (χ2n) is 8.63. The summed E-state index contributed by atoms with van der Waals surface area (Å²) in [5.74, 6) is -1.53. The standard InChI is InChI=1S/C21H22FN5O4/c1-25-9-14-7-17(24-27(14)10-18(25)29)23-20(31)21-5-4-13(21)8-26(11-21)19(30)12-2-3-16(28)15(22)6-12/h2-3,6-7,13,28H,4-5,8-11H2,1H3,(H,23,24,31). The number of carbonyl (C=O) groups is 3. The molecule has 1 saturated heterocycles. The maximum Gasteiger partial charge on any atom is 0.254 e. The fourth-order valence-electron chi connectivity index (χ4n) is 4.79. The Kier molecular flexibility index (Phi) is 4.28. The summed E-state index contributed by atoms with van der Waals surface area (Å²) in [6, 6.07) is 5.31. The van der Waals surface area contributed by atoms with Gasteiger partial charge in [-0.2, -0.15) is 5.10 Å². The minimum Gasteiger partial charge on any atom is -0.505 e. The van der Waals surface area contributed by atoms with Crippen LogP contribution in [0.2, 0.25) is 0 Å². The molecule has 1 aromatic carbocycles. The fourth-order valence-corrected chi connectivity index (χ4v) is 4.79. The van der Waals surface area contributed by atoms with E-state index in [1.807, 2.05) is 0 Å². The molecule has 31 heavy (non-hydrogen) atoms. The van der Waals surface area contributed by atoms with Gasteiger partial charge in [-0.1, -0.05) is 0 Å². The van der Waals surface area contributed by atoms with Gasteiger partial charge < -0.3 is 20.2 Å². The third kappa shape index (κ3) is 3.05. The van der Waals surface area contributed by atoms with Crippen molar-refractivity contribution in [2.45, 2.75) is 25.9 Å². The quantitative estimate of drug-likeness (QED) is 0.765. The molecule has 1 saturated carbocycles. The zero-order valence-corrected chi connectivity index (χ0v) is 17.0. The molecular weight excluding hydrogens is 405 g/mol. The van der Waals surface area contributed by atoms with E-state index in [0.717, 1.165) is 24.2 Å². The maximum atomic E-state index is 13.7. The Balaban J connectivity index is 1.31. The number of phenols is 1. The summed E-state index contributed by atoms with van der Waals surface area (Å²) in [6.07, 6.45) is 1.49. The maximum absolute atomic E-state index is 13.7. The lowest BCUT2D eigenvalue weighted by Crippen LogP contribution is -2.49. The molecule has 2 aliphatic heterocycles. The number of likely N-dealkylation sites (N-methyl/N-ethyl adjacent to an activating group) is 1. The van der Waals surface area contributed by atoms with Crippen LogP contribution in [0.15, 0.2) is 24.3 Å². The second kappa shape index (κ2) is 6.79. The Morgan fingerprint density at radius 1 is 1.29 bits per heavy atom. The summed E-state index contributed by atoms with van der Waals surface area (Å²) >= 11 is 0. The van der Waals surface area contributed by atoms with E-state index in [0.29, 0.717) is 25.3 Å². The largest absolute Gasteiger partial charge is 0.505 e. The summed E-state index contributed by atoms with van der Waals surface area (Å²) in [7, 11) is 1.72. The predicted molar refractivity (Wildman–Crippen MR) is 106 cm³/mol. The van der Waals surface area contributed by atoms with Crippen LogP contribution < -0.4 is 5.32 Å². The van der Waals surface area contributed by atoms with Crippen LogP contribution in [-0.2, 0) is 22.7 Å². The average Bonchev–Trinajstić information content (AvgIpc) is 3.21. The molecule has 5 rings (SSSR count). The topological polar surface area (TPSA) is 108 Å². The van der Waals surface area contributed by atoms with Crippen molar-refractivity contribution in [3.8, 4) is 5.75 Å². The Labute approximate surface area is 177 Å². The van der Waals surface area contributed by atoms with Gasteiger partial charge in [-0.25, -0.2) is 4.39 Å². The van der Waals surface area contributed by atoms with Gasteiger partial charge >= 0.3 is 0 Å². The smallest absolute Gasteiger partial charge is 0.254 e. The van der Waals surface area contributed by atoms with Gasteiger partial charge in [0.1, 0.15) is 6.54 Å². The molecule has 0 radical (unpaired) electrons. The number of benzene rings is 1. The lowest BCUT2D eigenvalue weighted by atomic mass is 9.61. The molecule has 0 spiro atoms. The molecule has 162 valence electrons. The van der Waals surface area contributed by atoms with Crippen LogP contribution in [0.25, 0.3) is 0 Å². The van der Waals surface area contributed by atoms with Crippen molar-refractivity contribution in [2.24, 2.45) is 11.3 Å². The van der Waals surface area contributed by atoms with Gasteiger partial charge in [0.05, 0.1) is 17.7 Å².